The van der Waals surface area contributed by atoms with Gasteiger partial charge in [0.2, 0.25) is 5.91 Å². The molecule has 0 aromatic heterocycles. The first-order valence-corrected chi connectivity index (χ1v) is 6.86. The van der Waals surface area contributed by atoms with E-state index < -0.39 is 0 Å². The molecular weight excluding hydrogens is 214 g/mol. The van der Waals surface area contributed by atoms with Crippen molar-refractivity contribution in [1.29, 1.82) is 0 Å². The first-order valence-electron chi connectivity index (χ1n) is 6.86. The van der Waals surface area contributed by atoms with Gasteiger partial charge in [-0.3, -0.25) is 10.1 Å². The zero-order valence-corrected chi connectivity index (χ0v) is 11.3. The van der Waals surface area contributed by atoms with Crippen LogP contribution < -0.4 is 5.32 Å². The molecule has 2 heterocycles. The van der Waals surface area contributed by atoms with Crippen molar-refractivity contribution in [2.45, 2.75) is 45.2 Å². The first-order chi connectivity index (χ1) is 8.13. The number of nitrogens with one attached hydrogen (secondary N) is 1. The van der Waals surface area contributed by atoms with Gasteiger partial charge in [-0.05, 0) is 38.9 Å². The van der Waals surface area contributed by atoms with Crippen molar-refractivity contribution in [3.63, 3.8) is 0 Å². The Kier molecular flexibility index (Phi) is 4.05. The third-order valence-corrected chi connectivity index (χ3v) is 4.37. The standard InChI is InChI=1S/C13H25N3O/c1-4-10(2)12-13(17)16(9-14-12)11-5-7-15(3)8-6-11/h10-12,14H,4-9H2,1-3H3. The molecule has 0 aromatic carbocycles. The zero-order chi connectivity index (χ0) is 12.4. The molecule has 1 N–H and O–H groups in total. The Labute approximate surface area is 104 Å². The molecule has 4 heteroatoms. The maximum atomic E-state index is 12.3. The Balaban J connectivity index is 1.93. The van der Waals surface area contributed by atoms with Gasteiger partial charge in [0.25, 0.3) is 0 Å². The third-order valence-electron chi connectivity index (χ3n) is 4.37. The normalized spacial score (nSPS) is 29.9. The molecule has 2 saturated heterocycles. The summed E-state index contributed by atoms with van der Waals surface area (Å²) in [6, 6.07) is 0.514. The van der Waals surface area contributed by atoms with Crippen LogP contribution >= 0.6 is 0 Å². The molecule has 1 amide bonds. The van der Waals surface area contributed by atoms with Crippen LogP contribution in [0.25, 0.3) is 0 Å². The van der Waals surface area contributed by atoms with E-state index in [-0.39, 0.29) is 6.04 Å². The monoisotopic (exact) mass is 239 g/mol. The number of amides is 1. The van der Waals surface area contributed by atoms with E-state index in [0.717, 1.165) is 39.0 Å². The number of nitrogens with zero attached hydrogens (tertiary/aromatic N) is 2. The van der Waals surface area contributed by atoms with Gasteiger partial charge in [-0.2, -0.15) is 0 Å². The van der Waals surface area contributed by atoms with Crippen LogP contribution in [-0.4, -0.2) is 54.6 Å². The van der Waals surface area contributed by atoms with Gasteiger partial charge in [0.05, 0.1) is 12.7 Å². The van der Waals surface area contributed by atoms with Gasteiger partial charge in [-0.15, -0.1) is 0 Å². The fourth-order valence-electron chi connectivity index (χ4n) is 2.84. The summed E-state index contributed by atoms with van der Waals surface area (Å²) in [7, 11) is 2.15. The molecule has 0 spiro atoms. The molecular formula is C13H25N3O. The van der Waals surface area contributed by atoms with E-state index in [1.165, 1.54) is 0 Å². The molecule has 2 atom stereocenters. The van der Waals surface area contributed by atoms with Crippen LogP contribution in [0.5, 0.6) is 0 Å². The highest BCUT2D eigenvalue weighted by molar-refractivity contribution is 5.84. The Morgan fingerprint density at radius 2 is 2.06 bits per heavy atom. The lowest BCUT2D eigenvalue weighted by molar-refractivity contribution is -0.132. The number of carbonyl (C=O) groups is 1. The van der Waals surface area contributed by atoms with Crippen LogP contribution in [0.4, 0.5) is 0 Å². The molecule has 17 heavy (non-hydrogen) atoms. The van der Waals surface area contributed by atoms with Gasteiger partial charge in [-0.25, -0.2) is 0 Å². The number of rotatable bonds is 3. The van der Waals surface area contributed by atoms with Gasteiger partial charge < -0.3 is 9.80 Å². The minimum absolute atomic E-state index is 0.0552. The lowest BCUT2D eigenvalue weighted by atomic mass is 9.98. The fraction of sp³-hybridized carbons (Fsp3) is 0.923. The van der Waals surface area contributed by atoms with Crippen molar-refractivity contribution < 1.29 is 4.79 Å². The van der Waals surface area contributed by atoms with Crippen LogP contribution in [-0.2, 0) is 4.79 Å². The lowest BCUT2D eigenvalue weighted by Gasteiger charge is -2.34. The maximum absolute atomic E-state index is 12.3. The third kappa shape index (κ3) is 2.63. The number of piperidine rings is 1. The summed E-state index contributed by atoms with van der Waals surface area (Å²) in [5.74, 6) is 0.771. The van der Waals surface area contributed by atoms with E-state index in [2.05, 4.69) is 36.0 Å². The van der Waals surface area contributed by atoms with Crippen molar-refractivity contribution in [2.75, 3.05) is 26.8 Å². The molecule has 2 unspecified atom stereocenters. The summed E-state index contributed by atoms with van der Waals surface area (Å²) in [5.41, 5.74) is 0. The summed E-state index contributed by atoms with van der Waals surface area (Å²) in [4.78, 5) is 16.8. The highest BCUT2D eigenvalue weighted by atomic mass is 16.2. The number of hydrogen-bond acceptors (Lipinski definition) is 3. The van der Waals surface area contributed by atoms with Gasteiger partial charge in [0, 0.05) is 6.04 Å². The Morgan fingerprint density at radius 3 is 2.65 bits per heavy atom. The smallest absolute Gasteiger partial charge is 0.241 e. The predicted octanol–water partition coefficient (Wildman–Crippen LogP) is 0.885. The molecule has 0 radical (unpaired) electrons. The number of carbonyl (C=O) groups excluding carboxylic acids is 1. The molecule has 2 aliphatic heterocycles. The van der Waals surface area contributed by atoms with Crippen LogP contribution in [0.3, 0.4) is 0 Å². The number of hydrogen-bond donors (Lipinski definition) is 1. The molecule has 0 bridgehead atoms. The van der Waals surface area contributed by atoms with Crippen LogP contribution in [0.15, 0.2) is 0 Å². The second-order valence-electron chi connectivity index (χ2n) is 5.57. The Bertz CT molecular complexity index is 274. The van der Waals surface area contributed by atoms with Crippen molar-refractivity contribution in [1.82, 2.24) is 15.1 Å². The molecule has 2 fully saturated rings. The summed E-state index contributed by atoms with van der Waals surface area (Å²) in [6.45, 7) is 7.29. The van der Waals surface area contributed by atoms with Gasteiger partial charge >= 0.3 is 0 Å². The highest BCUT2D eigenvalue weighted by Gasteiger charge is 2.38. The largest absolute Gasteiger partial charge is 0.325 e. The van der Waals surface area contributed by atoms with Gasteiger partial charge in [0.1, 0.15) is 0 Å². The topological polar surface area (TPSA) is 35.6 Å². The lowest BCUT2D eigenvalue weighted by Crippen LogP contribution is -2.45. The quantitative estimate of drug-likeness (QED) is 0.794. The van der Waals surface area contributed by atoms with Crippen molar-refractivity contribution in [3.05, 3.63) is 0 Å². The zero-order valence-electron chi connectivity index (χ0n) is 11.3. The van der Waals surface area contributed by atoms with Crippen molar-refractivity contribution in [2.24, 2.45) is 5.92 Å². The Morgan fingerprint density at radius 1 is 1.41 bits per heavy atom. The van der Waals surface area contributed by atoms with Crippen LogP contribution in [0.1, 0.15) is 33.1 Å². The predicted molar refractivity (Wildman–Crippen MR) is 68.6 cm³/mol. The second-order valence-corrected chi connectivity index (χ2v) is 5.57. The first kappa shape index (κ1) is 12.8. The summed E-state index contributed by atoms with van der Waals surface area (Å²) >= 11 is 0. The minimum Gasteiger partial charge on any atom is -0.325 e. The highest BCUT2D eigenvalue weighted by Crippen LogP contribution is 2.22. The molecule has 2 rings (SSSR count). The van der Waals surface area contributed by atoms with Gasteiger partial charge in [-0.1, -0.05) is 20.3 Å². The molecule has 0 aromatic rings. The average molecular weight is 239 g/mol. The molecule has 2 aliphatic rings. The van der Waals surface area contributed by atoms with Gasteiger partial charge in [0.15, 0.2) is 0 Å². The molecule has 4 nitrogen and oxygen atoms in total. The average Bonchev–Trinajstić information content (AvgIpc) is 2.71. The van der Waals surface area contributed by atoms with E-state index >= 15 is 0 Å². The van der Waals surface area contributed by atoms with Crippen molar-refractivity contribution in [3.8, 4) is 0 Å². The number of likely N-dealkylation sites (tertiary alicyclic amines) is 1. The second kappa shape index (κ2) is 5.36. The van der Waals surface area contributed by atoms with E-state index in [0.29, 0.717) is 17.9 Å². The van der Waals surface area contributed by atoms with Crippen LogP contribution in [0, 0.1) is 5.92 Å². The summed E-state index contributed by atoms with van der Waals surface area (Å²) < 4.78 is 0. The fourth-order valence-corrected chi connectivity index (χ4v) is 2.84. The van der Waals surface area contributed by atoms with E-state index in [1.807, 2.05) is 0 Å². The Hall–Kier alpha value is -0.610. The summed E-state index contributed by atoms with van der Waals surface area (Å²) in [5, 5.41) is 3.38. The van der Waals surface area contributed by atoms with E-state index in [4.69, 9.17) is 0 Å². The van der Waals surface area contributed by atoms with Crippen molar-refractivity contribution >= 4 is 5.91 Å². The maximum Gasteiger partial charge on any atom is 0.241 e. The van der Waals surface area contributed by atoms with Crippen LogP contribution in [0.2, 0.25) is 0 Å². The summed E-state index contributed by atoms with van der Waals surface area (Å²) in [6.07, 6.45) is 3.30. The molecule has 0 aliphatic carbocycles. The van der Waals surface area contributed by atoms with E-state index in [1.54, 1.807) is 0 Å². The molecule has 98 valence electrons. The SMILES string of the molecule is CCC(C)C1NCN(C2CCN(C)CC2)C1=O. The van der Waals surface area contributed by atoms with E-state index in [9.17, 15) is 4.79 Å². The molecule has 0 saturated carbocycles. The minimum atomic E-state index is 0.0552.